The molecule has 0 spiro atoms. The van der Waals surface area contributed by atoms with Gasteiger partial charge in [-0.25, -0.2) is 15.0 Å². The van der Waals surface area contributed by atoms with Crippen LogP contribution in [0, 0.1) is 6.92 Å². The Hall–Kier alpha value is -3.08. The summed E-state index contributed by atoms with van der Waals surface area (Å²) in [5, 5.41) is 0. The molecule has 0 N–H and O–H groups in total. The topological polar surface area (TPSA) is 56.5 Å². The fourth-order valence-corrected chi connectivity index (χ4v) is 2.75. The fraction of sp³-hybridized carbons (Fsp3) is 0.158. The van der Waals surface area contributed by atoms with Gasteiger partial charge in [-0.1, -0.05) is 18.2 Å². The number of aromatic nitrogens is 5. The monoisotopic (exact) mass is 315 g/mol. The smallest absolute Gasteiger partial charge is 0.145 e. The van der Waals surface area contributed by atoms with E-state index in [9.17, 15) is 0 Å². The molecule has 1 aromatic carbocycles. The summed E-state index contributed by atoms with van der Waals surface area (Å²) in [4.78, 5) is 18.0. The summed E-state index contributed by atoms with van der Waals surface area (Å²) in [6.07, 6.45) is 7.10. The van der Waals surface area contributed by atoms with Gasteiger partial charge < -0.3 is 0 Å². The van der Waals surface area contributed by atoms with E-state index in [1.165, 1.54) is 0 Å². The first kappa shape index (κ1) is 14.5. The summed E-state index contributed by atoms with van der Waals surface area (Å²) < 4.78 is 2.02. The van der Waals surface area contributed by atoms with Crippen molar-refractivity contribution in [3.05, 3.63) is 78.3 Å². The molecule has 0 atom stereocenters. The Morgan fingerprint density at radius 2 is 1.79 bits per heavy atom. The van der Waals surface area contributed by atoms with Crippen LogP contribution in [0.2, 0.25) is 0 Å². The van der Waals surface area contributed by atoms with Crippen LogP contribution in [0.25, 0.3) is 16.9 Å². The van der Waals surface area contributed by atoms with Crippen molar-refractivity contribution in [3.8, 4) is 5.82 Å². The van der Waals surface area contributed by atoms with Crippen molar-refractivity contribution in [1.82, 2.24) is 24.5 Å². The zero-order valence-corrected chi connectivity index (χ0v) is 13.4. The van der Waals surface area contributed by atoms with Crippen molar-refractivity contribution in [2.45, 2.75) is 19.8 Å². The number of para-hydroxylation sites is 2. The molecule has 0 saturated heterocycles. The summed E-state index contributed by atoms with van der Waals surface area (Å²) in [6.45, 7) is 2.02. The van der Waals surface area contributed by atoms with Gasteiger partial charge in [-0.15, -0.1) is 0 Å². The fourth-order valence-electron chi connectivity index (χ4n) is 2.75. The molecule has 3 aromatic heterocycles. The van der Waals surface area contributed by atoms with Gasteiger partial charge in [0.25, 0.3) is 0 Å². The zero-order chi connectivity index (χ0) is 16.4. The highest BCUT2D eigenvalue weighted by atomic mass is 15.1. The lowest BCUT2D eigenvalue weighted by Crippen LogP contribution is -2.06. The highest BCUT2D eigenvalue weighted by molar-refractivity contribution is 5.77. The number of imidazole rings is 1. The second-order valence-corrected chi connectivity index (χ2v) is 5.72. The Kier molecular flexibility index (Phi) is 3.75. The Morgan fingerprint density at radius 3 is 2.67 bits per heavy atom. The molecule has 0 aliphatic rings. The molecule has 118 valence electrons. The Morgan fingerprint density at radius 1 is 0.917 bits per heavy atom. The van der Waals surface area contributed by atoms with Crippen LogP contribution in [0.1, 0.15) is 17.1 Å². The summed E-state index contributed by atoms with van der Waals surface area (Å²) in [5.41, 5.74) is 4.09. The highest BCUT2D eigenvalue weighted by Crippen LogP contribution is 2.19. The van der Waals surface area contributed by atoms with E-state index in [0.717, 1.165) is 46.8 Å². The first-order valence-electron chi connectivity index (χ1n) is 7.96. The second kappa shape index (κ2) is 6.20. The lowest BCUT2D eigenvalue weighted by molar-refractivity contribution is 0.815. The first-order valence-corrected chi connectivity index (χ1v) is 7.96. The predicted octanol–water partition coefficient (Wildman–Crippen LogP) is 3.30. The number of rotatable bonds is 4. The number of nitrogens with zero attached hydrogens (tertiary/aromatic N) is 5. The molecule has 0 radical (unpaired) electrons. The minimum atomic E-state index is 0.761. The van der Waals surface area contributed by atoms with Crippen molar-refractivity contribution >= 4 is 11.0 Å². The average molecular weight is 315 g/mol. The largest absolute Gasteiger partial charge is 0.283 e. The third kappa shape index (κ3) is 2.76. The molecule has 3 heterocycles. The van der Waals surface area contributed by atoms with Crippen LogP contribution in [-0.4, -0.2) is 24.5 Å². The van der Waals surface area contributed by atoms with E-state index in [1.54, 1.807) is 0 Å². The molecule has 4 aromatic rings. The molecule has 0 saturated carbocycles. The normalized spacial score (nSPS) is 11.0. The Labute approximate surface area is 140 Å². The SMILES string of the molecule is Cc1cnc(CCc2ccccn2)nc1-n1cnc2ccccc21. The molecule has 5 nitrogen and oxygen atoms in total. The van der Waals surface area contributed by atoms with Crippen LogP contribution < -0.4 is 0 Å². The molecule has 5 heteroatoms. The molecule has 0 aliphatic heterocycles. The summed E-state index contributed by atoms with van der Waals surface area (Å²) in [6, 6.07) is 14.0. The van der Waals surface area contributed by atoms with Crippen LogP contribution in [0.3, 0.4) is 0 Å². The number of aryl methyl sites for hydroxylation is 3. The summed E-state index contributed by atoms with van der Waals surface area (Å²) in [7, 11) is 0. The summed E-state index contributed by atoms with van der Waals surface area (Å²) >= 11 is 0. The summed E-state index contributed by atoms with van der Waals surface area (Å²) in [5.74, 6) is 1.70. The van der Waals surface area contributed by atoms with Gasteiger partial charge in [-0.2, -0.15) is 0 Å². The molecule has 24 heavy (non-hydrogen) atoms. The molecule has 4 rings (SSSR count). The maximum absolute atomic E-state index is 4.76. The second-order valence-electron chi connectivity index (χ2n) is 5.72. The molecule has 0 fully saturated rings. The number of fused-ring (bicyclic) bond motifs is 1. The van der Waals surface area contributed by atoms with E-state index in [4.69, 9.17) is 4.98 Å². The van der Waals surface area contributed by atoms with Crippen molar-refractivity contribution in [2.75, 3.05) is 0 Å². The third-order valence-electron chi connectivity index (χ3n) is 4.01. The maximum atomic E-state index is 4.76. The van der Waals surface area contributed by atoms with Gasteiger partial charge in [-0.3, -0.25) is 9.55 Å². The molecule has 0 amide bonds. The van der Waals surface area contributed by atoms with E-state index in [0.29, 0.717) is 0 Å². The average Bonchev–Trinajstić information content (AvgIpc) is 3.06. The molecule has 0 unspecified atom stereocenters. The zero-order valence-electron chi connectivity index (χ0n) is 13.4. The van der Waals surface area contributed by atoms with Crippen LogP contribution >= 0.6 is 0 Å². The van der Waals surface area contributed by atoms with Crippen LogP contribution in [0.15, 0.2) is 61.2 Å². The van der Waals surface area contributed by atoms with E-state index in [2.05, 4.69) is 21.0 Å². The predicted molar refractivity (Wildman–Crippen MR) is 93.0 cm³/mol. The molecular formula is C19H17N5. The van der Waals surface area contributed by atoms with Gasteiger partial charge in [-0.05, 0) is 37.6 Å². The minimum Gasteiger partial charge on any atom is -0.283 e. The van der Waals surface area contributed by atoms with Crippen molar-refractivity contribution in [2.24, 2.45) is 0 Å². The van der Waals surface area contributed by atoms with Gasteiger partial charge in [0.15, 0.2) is 0 Å². The lowest BCUT2D eigenvalue weighted by Gasteiger charge is -2.09. The van der Waals surface area contributed by atoms with Crippen molar-refractivity contribution < 1.29 is 0 Å². The first-order chi connectivity index (χ1) is 11.8. The molecule has 0 bridgehead atoms. The van der Waals surface area contributed by atoms with Crippen molar-refractivity contribution in [1.29, 1.82) is 0 Å². The standard InChI is InChI=1S/C19H17N5/c1-14-12-21-18(10-9-15-6-4-5-11-20-15)23-19(14)24-13-22-16-7-2-3-8-17(16)24/h2-8,11-13H,9-10H2,1H3. The van der Waals surface area contributed by atoms with Gasteiger partial charge in [0, 0.05) is 30.1 Å². The Bertz CT molecular complexity index is 975. The van der Waals surface area contributed by atoms with Gasteiger partial charge in [0.2, 0.25) is 0 Å². The van der Waals surface area contributed by atoms with Crippen LogP contribution in [0.5, 0.6) is 0 Å². The van der Waals surface area contributed by atoms with E-state index in [-0.39, 0.29) is 0 Å². The molecule has 0 aliphatic carbocycles. The minimum absolute atomic E-state index is 0.761. The van der Waals surface area contributed by atoms with E-state index < -0.39 is 0 Å². The lowest BCUT2D eigenvalue weighted by atomic mass is 10.2. The van der Waals surface area contributed by atoms with Crippen LogP contribution in [-0.2, 0) is 12.8 Å². The van der Waals surface area contributed by atoms with Gasteiger partial charge in [0.1, 0.15) is 18.0 Å². The van der Waals surface area contributed by atoms with E-state index >= 15 is 0 Å². The number of benzene rings is 1. The quantitative estimate of drug-likeness (QED) is 0.580. The van der Waals surface area contributed by atoms with Gasteiger partial charge in [0.05, 0.1) is 11.0 Å². The maximum Gasteiger partial charge on any atom is 0.145 e. The molecular weight excluding hydrogens is 298 g/mol. The Balaban J connectivity index is 1.66. The van der Waals surface area contributed by atoms with Crippen LogP contribution in [0.4, 0.5) is 0 Å². The number of hydrogen-bond donors (Lipinski definition) is 0. The number of pyridine rings is 1. The number of hydrogen-bond acceptors (Lipinski definition) is 4. The van der Waals surface area contributed by atoms with Gasteiger partial charge >= 0.3 is 0 Å². The van der Waals surface area contributed by atoms with E-state index in [1.807, 2.05) is 66.6 Å². The third-order valence-corrected chi connectivity index (χ3v) is 4.01. The highest BCUT2D eigenvalue weighted by Gasteiger charge is 2.10. The van der Waals surface area contributed by atoms with Crippen molar-refractivity contribution in [3.63, 3.8) is 0 Å².